The molecule has 1 saturated carbocycles. The van der Waals surface area contributed by atoms with Gasteiger partial charge in [0.25, 0.3) is 0 Å². The summed E-state index contributed by atoms with van der Waals surface area (Å²) in [5.74, 6) is -0.656. The van der Waals surface area contributed by atoms with Crippen LogP contribution in [0.1, 0.15) is 18.4 Å². The van der Waals surface area contributed by atoms with Gasteiger partial charge in [0.2, 0.25) is 0 Å². The van der Waals surface area contributed by atoms with E-state index >= 15 is 0 Å². The Kier molecular flexibility index (Phi) is 4.12. The van der Waals surface area contributed by atoms with Gasteiger partial charge in [0.05, 0.1) is 13.3 Å². The van der Waals surface area contributed by atoms with Gasteiger partial charge in [0, 0.05) is 6.04 Å². The van der Waals surface area contributed by atoms with Crippen LogP contribution in [0, 0.1) is 0 Å². The molecule has 0 aliphatic heterocycles. The minimum atomic E-state index is -0.753. The largest absolute Gasteiger partial charge is 0.497 e. The van der Waals surface area contributed by atoms with Gasteiger partial charge in [0.1, 0.15) is 5.75 Å². The van der Waals surface area contributed by atoms with Crippen molar-refractivity contribution >= 4 is 18.0 Å². The smallest absolute Gasteiger partial charge is 0.329 e. The topological polar surface area (TPSA) is 79.8 Å². The zero-order chi connectivity index (χ0) is 13.7. The number of amides is 2. The van der Waals surface area contributed by atoms with E-state index in [9.17, 15) is 9.59 Å². The van der Waals surface area contributed by atoms with E-state index in [1.165, 1.54) is 6.21 Å². The first-order chi connectivity index (χ1) is 9.19. The fourth-order valence-corrected chi connectivity index (χ4v) is 1.38. The Hall–Kier alpha value is -2.37. The molecule has 6 heteroatoms. The predicted molar refractivity (Wildman–Crippen MR) is 69.9 cm³/mol. The van der Waals surface area contributed by atoms with Crippen LogP contribution >= 0.6 is 0 Å². The lowest BCUT2D eigenvalue weighted by Crippen LogP contribution is -2.38. The third-order valence-corrected chi connectivity index (χ3v) is 2.61. The molecule has 1 aromatic rings. The van der Waals surface area contributed by atoms with Crippen LogP contribution in [-0.4, -0.2) is 31.2 Å². The number of hydrazone groups is 1. The van der Waals surface area contributed by atoms with E-state index in [0.717, 1.165) is 24.2 Å². The molecule has 19 heavy (non-hydrogen) atoms. The van der Waals surface area contributed by atoms with Crippen LogP contribution in [0.3, 0.4) is 0 Å². The van der Waals surface area contributed by atoms with E-state index in [-0.39, 0.29) is 6.04 Å². The van der Waals surface area contributed by atoms with Crippen LogP contribution in [0.5, 0.6) is 5.75 Å². The van der Waals surface area contributed by atoms with Crippen molar-refractivity contribution < 1.29 is 14.3 Å². The molecule has 2 N–H and O–H groups in total. The molecule has 100 valence electrons. The number of carbonyl (C=O) groups excluding carboxylic acids is 2. The molecular weight excluding hydrogens is 246 g/mol. The maximum Gasteiger partial charge on any atom is 0.329 e. The zero-order valence-electron chi connectivity index (χ0n) is 10.6. The summed E-state index contributed by atoms with van der Waals surface area (Å²) in [5, 5.41) is 6.30. The van der Waals surface area contributed by atoms with E-state index in [2.05, 4.69) is 15.8 Å². The van der Waals surface area contributed by atoms with Crippen molar-refractivity contribution in [2.24, 2.45) is 5.10 Å². The standard InChI is InChI=1S/C13H15N3O3/c1-19-11-6-2-9(3-7-11)8-14-16-13(18)12(17)15-10-4-5-10/h2-3,6-8,10H,4-5H2,1H3,(H,15,17)(H,16,18)/b14-8-. The van der Waals surface area contributed by atoms with Gasteiger partial charge in [-0.1, -0.05) is 0 Å². The van der Waals surface area contributed by atoms with E-state index in [1.807, 2.05) is 0 Å². The molecule has 6 nitrogen and oxygen atoms in total. The van der Waals surface area contributed by atoms with Crippen molar-refractivity contribution in [3.8, 4) is 5.75 Å². The molecule has 0 heterocycles. The van der Waals surface area contributed by atoms with Crippen molar-refractivity contribution in [2.75, 3.05) is 7.11 Å². The van der Waals surface area contributed by atoms with Crippen molar-refractivity contribution in [2.45, 2.75) is 18.9 Å². The summed E-state index contributed by atoms with van der Waals surface area (Å²) in [6, 6.07) is 7.30. The summed E-state index contributed by atoms with van der Waals surface area (Å²) in [6.07, 6.45) is 3.34. The van der Waals surface area contributed by atoms with Gasteiger partial charge in [-0.2, -0.15) is 5.10 Å². The maximum atomic E-state index is 11.3. The van der Waals surface area contributed by atoms with Crippen LogP contribution < -0.4 is 15.5 Å². The number of hydrogen-bond donors (Lipinski definition) is 2. The molecule has 1 aromatic carbocycles. The summed E-state index contributed by atoms with van der Waals surface area (Å²) in [7, 11) is 1.59. The molecule has 0 aromatic heterocycles. The molecule has 0 unspecified atom stereocenters. The Morgan fingerprint density at radius 1 is 1.26 bits per heavy atom. The fraction of sp³-hybridized carbons (Fsp3) is 0.308. The second-order valence-corrected chi connectivity index (χ2v) is 4.22. The summed E-state index contributed by atoms with van der Waals surface area (Å²) in [4.78, 5) is 22.6. The Balaban J connectivity index is 1.80. The van der Waals surface area contributed by atoms with Crippen molar-refractivity contribution in [3.05, 3.63) is 29.8 Å². The first-order valence-corrected chi connectivity index (χ1v) is 5.97. The van der Waals surface area contributed by atoms with Gasteiger partial charge >= 0.3 is 11.8 Å². The summed E-state index contributed by atoms with van der Waals surface area (Å²) >= 11 is 0. The molecule has 2 rings (SSSR count). The number of nitrogens with zero attached hydrogens (tertiary/aromatic N) is 1. The highest BCUT2D eigenvalue weighted by Gasteiger charge is 2.26. The Morgan fingerprint density at radius 3 is 2.53 bits per heavy atom. The number of hydrogen-bond acceptors (Lipinski definition) is 4. The summed E-state index contributed by atoms with van der Waals surface area (Å²) in [5.41, 5.74) is 2.97. The number of methoxy groups -OCH3 is 1. The summed E-state index contributed by atoms with van der Waals surface area (Å²) in [6.45, 7) is 0. The van der Waals surface area contributed by atoms with E-state index < -0.39 is 11.8 Å². The highest BCUT2D eigenvalue weighted by atomic mass is 16.5. The van der Waals surface area contributed by atoms with Crippen molar-refractivity contribution in [1.82, 2.24) is 10.7 Å². The zero-order valence-corrected chi connectivity index (χ0v) is 10.6. The average Bonchev–Trinajstić information content (AvgIpc) is 3.23. The highest BCUT2D eigenvalue weighted by molar-refractivity contribution is 6.35. The second-order valence-electron chi connectivity index (χ2n) is 4.22. The molecule has 0 saturated heterocycles. The van der Waals surface area contributed by atoms with Crippen LogP contribution in [-0.2, 0) is 9.59 Å². The number of rotatable bonds is 4. The number of ether oxygens (including phenoxy) is 1. The number of carbonyl (C=O) groups is 2. The molecule has 0 bridgehead atoms. The third-order valence-electron chi connectivity index (χ3n) is 2.61. The van der Waals surface area contributed by atoms with Gasteiger partial charge in [-0.25, -0.2) is 5.43 Å². The van der Waals surface area contributed by atoms with Gasteiger partial charge in [-0.15, -0.1) is 0 Å². The lowest BCUT2D eigenvalue weighted by Gasteiger charge is -2.01. The monoisotopic (exact) mass is 261 g/mol. The normalized spacial score (nSPS) is 14.2. The highest BCUT2D eigenvalue weighted by Crippen LogP contribution is 2.18. The van der Waals surface area contributed by atoms with Crippen LogP contribution in [0.4, 0.5) is 0 Å². The molecule has 1 aliphatic carbocycles. The molecule has 1 fully saturated rings. The van der Waals surface area contributed by atoms with E-state index in [0.29, 0.717) is 0 Å². The lowest BCUT2D eigenvalue weighted by molar-refractivity contribution is -0.139. The fourth-order valence-electron chi connectivity index (χ4n) is 1.38. The van der Waals surface area contributed by atoms with Crippen molar-refractivity contribution in [3.63, 3.8) is 0 Å². The van der Waals surface area contributed by atoms with Gasteiger partial charge in [-0.05, 0) is 42.7 Å². The molecule has 1 aliphatic rings. The lowest BCUT2D eigenvalue weighted by atomic mass is 10.2. The molecule has 0 radical (unpaired) electrons. The third kappa shape index (κ3) is 4.09. The SMILES string of the molecule is COc1ccc(/C=N\NC(=O)C(=O)NC2CC2)cc1. The predicted octanol–water partition coefficient (Wildman–Crippen LogP) is 0.424. The molecule has 0 atom stereocenters. The first kappa shape index (κ1) is 13.1. The van der Waals surface area contributed by atoms with Crippen molar-refractivity contribution in [1.29, 1.82) is 0 Å². The Bertz CT molecular complexity index is 492. The first-order valence-electron chi connectivity index (χ1n) is 5.97. The molecule has 0 spiro atoms. The van der Waals surface area contributed by atoms with Gasteiger partial charge in [0.15, 0.2) is 0 Å². The Labute approximate surface area is 110 Å². The molecular formula is C13H15N3O3. The van der Waals surface area contributed by atoms with Crippen LogP contribution in [0.15, 0.2) is 29.4 Å². The summed E-state index contributed by atoms with van der Waals surface area (Å²) < 4.78 is 5.02. The molecule has 2 amide bonds. The van der Waals surface area contributed by atoms with Crippen LogP contribution in [0.25, 0.3) is 0 Å². The quantitative estimate of drug-likeness (QED) is 0.468. The van der Waals surface area contributed by atoms with Gasteiger partial charge < -0.3 is 10.1 Å². The second kappa shape index (κ2) is 5.99. The minimum absolute atomic E-state index is 0.156. The number of nitrogens with one attached hydrogen (secondary N) is 2. The minimum Gasteiger partial charge on any atom is -0.497 e. The average molecular weight is 261 g/mol. The maximum absolute atomic E-state index is 11.3. The van der Waals surface area contributed by atoms with E-state index in [1.54, 1.807) is 31.4 Å². The van der Waals surface area contributed by atoms with Crippen LogP contribution in [0.2, 0.25) is 0 Å². The Morgan fingerprint density at radius 2 is 1.95 bits per heavy atom. The van der Waals surface area contributed by atoms with E-state index in [4.69, 9.17) is 4.74 Å². The number of benzene rings is 1. The van der Waals surface area contributed by atoms with Gasteiger partial charge in [-0.3, -0.25) is 9.59 Å².